The van der Waals surface area contributed by atoms with Gasteiger partial charge in [0.25, 0.3) is 5.91 Å². The van der Waals surface area contributed by atoms with Crippen LogP contribution in [-0.2, 0) is 18.3 Å². The summed E-state index contributed by atoms with van der Waals surface area (Å²) >= 11 is 1.52. The Bertz CT molecular complexity index is 981. The van der Waals surface area contributed by atoms with Crippen LogP contribution in [0.15, 0.2) is 29.4 Å². The van der Waals surface area contributed by atoms with Gasteiger partial charge in [0.05, 0.1) is 16.8 Å². The lowest BCUT2D eigenvalue weighted by Crippen LogP contribution is -2.20. The lowest BCUT2D eigenvalue weighted by atomic mass is 10.2. The van der Waals surface area contributed by atoms with Crippen LogP contribution in [0.1, 0.15) is 28.5 Å². The van der Waals surface area contributed by atoms with E-state index in [-0.39, 0.29) is 5.91 Å². The number of carbonyl (C=O) groups is 1. The third-order valence-electron chi connectivity index (χ3n) is 3.91. The average molecular weight is 358 g/mol. The van der Waals surface area contributed by atoms with Gasteiger partial charge >= 0.3 is 0 Å². The van der Waals surface area contributed by atoms with Crippen molar-refractivity contribution in [3.05, 3.63) is 46.0 Å². The van der Waals surface area contributed by atoms with Crippen LogP contribution in [0.4, 0.5) is 0 Å². The maximum absolute atomic E-state index is 12.6. The number of ether oxygens (including phenoxy) is 1. The second kappa shape index (κ2) is 7.33. The van der Waals surface area contributed by atoms with E-state index in [0.717, 1.165) is 15.8 Å². The minimum atomic E-state index is -0.313. The van der Waals surface area contributed by atoms with Crippen LogP contribution in [0.2, 0.25) is 0 Å². The van der Waals surface area contributed by atoms with Crippen molar-refractivity contribution in [3.63, 3.8) is 0 Å². The van der Waals surface area contributed by atoms with E-state index < -0.39 is 0 Å². The van der Waals surface area contributed by atoms with Crippen LogP contribution in [0.25, 0.3) is 10.2 Å². The smallest absolute Gasteiger partial charge is 0.300 e. The third kappa shape index (κ3) is 3.72. The Balaban J connectivity index is 2.08. The molecular formula is C18H22N4O2S. The zero-order valence-electron chi connectivity index (χ0n) is 14.9. The number of carbonyl (C=O) groups excluding carboxylic acids is 1. The van der Waals surface area contributed by atoms with Crippen molar-refractivity contribution in [2.24, 2.45) is 12.0 Å². The Morgan fingerprint density at radius 3 is 2.84 bits per heavy atom. The van der Waals surface area contributed by atoms with Gasteiger partial charge in [0.1, 0.15) is 0 Å². The molecule has 0 saturated heterocycles. The zero-order chi connectivity index (χ0) is 18.0. The van der Waals surface area contributed by atoms with Crippen molar-refractivity contribution in [2.75, 3.05) is 13.2 Å². The fourth-order valence-corrected chi connectivity index (χ4v) is 3.89. The molecule has 25 heavy (non-hydrogen) atoms. The van der Waals surface area contributed by atoms with Crippen LogP contribution < -0.4 is 4.80 Å². The summed E-state index contributed by atoms with van der Waals surface area (Å²) in [6.45, 7) is 7.80. The van der Waals surface area contributed by atoms with Gasteiger partial charge in [-0.1, -0.05) is 17.4 Å². The standard InChI is InChI=1S/C18H22N4O2S/c1-5-24-9-8-22-14-7-6-12(2)10-15(14)25-18(22)19-17(23)16-13(3)11-21(4)20-16/h6-7,10-11H,5,8-9H2,1-4H3. The second-order valence-electron chi connectivity index (χ2n) is 5.96. The van der Waals surface area contributed by atoms with Crippen LogP contribution in [-0.4, -0.2) is 33.5 Å². The largest absolute Gasteiger partial charge is 0.380 e. The van der Waals surface area contributed by atoms with E-state index in [2.05, 4.69) is 35.2 Å². The summed E-state index contributed by atoms with van der Waals surface area (Å²) in [7, 11) is 1.80. The number of nitrogens with zero attached hydrogens (tertiary/aromatic N) is 4. The number of amides is 1. The highest BCUT2D eigenvalue weighted by molar-refractivity contribution is 7.16. The van der Waals surface area contributed by atoms with E-state index in [1.54, 1.807) is 11.7 Å². The topological polar surface area (TPSA) is 61.4 Å². The van der Waals surface area contributed by atoms with Crippen molar-refractivity contribution < 1.29 is 9.53 Å². The Kier molecular flexibility index (Phi) is 5.15. The van der Waals surface area contributed by atoms with Gasteiger partial charge in [0.15, 0.2) is 10.5 Å². The first kappa shape index (κ1) is 17.6. The monoisotopic (exact) mass is 358 g/mol. The molecule has 0 N–H and O–H groups in total. The van der Waals surface area contributed by atoms with E-state index in [1.807, 2.05) is 24.6 Å². The predicted octanol–water partition coefficient (Wildman–Crippen LogP) is 2.83. The molecule has 3 aromatic rings. The van der Waals surface area contributed by atoms with Gasteiger partial charge < -0.3 is 9.30 Å². The maximum atomic E-state index is 12.6. The van der Waals surface area contributed by atoms with Crippen molar-refractivity contribution >= 4 is 27.5 Å². The second-order valence-corrected chi connectivity index (χ2v) is 6.96. The molecule has 0 bridgehead atoms. The van der Waals surface area contributed by atoms with Gasteiger partial charge in [0, 0.05) is 32.0 Å². The van der Waals surface area contributed by atoms with E-state index in [0.29, 0.717) is 30.3 Å². The zero-order valence-corrected chi connectivity index (χ0v) is 15.8. The van der Waals surface area contributed by atoms with E-state index in [9.17, 15) is 4.79 Å². The van der Waals surface area contributed by atoms with Gasteiger partial charge in [-0.15, -0.1) is 0 Å². The molecule has 3 rings (SSSR count). The summed E-state index contributed by atoms with van der Waals surface area (Å²) < 4.78 is 10.3. The molecule has 2 heterocycles. The number of aryl methyl sites for hydroxylation is 3. The minimum Gasteiger partial charge on any atom is -0.380 e. The predicted molar refractivity (Wildman–Crippen MR) is 98.9 cm³/mol. The minimum absolute atomic E-state index is 0.313. The maximum Gasteiger partial charge on any atom is 0.300 e. The summed E-state index contributed by atoms with van der Waals surface area (Å²) in [6.07, 6.45) is 1.82. The van der Waals surface area contributed by atoms with Crippen molar-refractivity contribution in [1.82, 2.24) is 14.3 Å². The highest BCUT2D eigenvalue weighted by atomic mass is 32.1. The van der Waals surface area contributed by atoms with Gasteiger partial charge in [-0.3, -0.25) is 9.48 Å². The Hall–Kier alpha value is -2.25. The first-order chi connectivity index (χ1) is 12.0. The lowest BCUT2D eigenvalue weighted by Gasteiger charge is -2.05. The molecule has 0 aliphatic carbocycles. The van der Waals surface area contributed by atoms with E-state index in [1.165, 1.54) is 16.9 Å². The molecule has 0 atom stereocenters. The number of fused-ring (bicyclic) bond motifs is 1. The molecule has 6 nitrogen and oxygen atoms in total. The lowest BCUT2D eigenvalue weighted by molar-refractivity contribution is 0.0990. The molecule has 0 saturated carbocycles. The molecule has 0 spiro atoms. The fraction of sp³-hybridized carbons (Fsp3) is 0.389. The number of aromatic nitrogens is 3. The van der Waals surface area contributed by atoms with Gasteiger partial charge in [-0.2, -0.15) is 10.1 Å². The fourth-order valence-electron chi connectivity index (χ4n) is 2.74. The molecule has 0 unspecified atom stereocenters. The summed E-state index contributed by atoms with van der Waals surface area (Å²) in [4.78, 5) is 17.6. The number of thiazole rings is 1. The highest BCUT2D eigenvalue weighted by Gasteiger charge is 2.14. The summed E-state index contributed by atoms with van der Waals surface area (Å²) in [5, 5.41) is 4.22. The Morgan fingerprint density at radius 2 is 2.16 bits per heavy atom. The molecule has 0 radical (unpaired) electrons. The third-order valence-corrected chi connectivity index (χ3v) is 4.95. The van der Waals surface area contributed by atoms with Crippen LogP contribution >= 0.6 is 11.3 Å². The SMILES string of the molecule is CCOCCn1c(=NC(=O)c2nn(C)cc2C)sc2cc(C)ccc21. The van der Waals surface area contributed by atoms with Gasteiger partial charge in [0.2, 0.25) is 0 Å². The summed E-state index contributed by atoms with van der Waals surface area (Å²) in [5.74, 6) is -0.313. The Labute approximate surface area is 150 Å². The molecular weight excluding hydrogens is 336 g/mol. The molecule has 0 aliphatic heterocycles. The first-order valence-corrected chi connectivity index (χ1v) is 9.08. The van der Waals surface area contributed by atoms with Crippen molar-refractivity contribution in [2.45, 2.75) is 27.3 Å². The molecule has 1 aromatic carbocycles. The van der Waals surface area contributed by atoms with Gasteiger partial charge in [-0.25, -0.2) is 0 Å². The van der Waals surface area contributed by atoms with Gasteiger partial charge in [-0.05, 0) is 38.5 Å². The Morgan fingerprint density at radius 1 is 1.36 bits per heavy atom. The van der Waals surface area contributed by atoms with Crippen molar-refractivity contribution in [3.8, 4) is 0 Å². The number of benzene rings is 1. The number of hydrogen-bond acceptors (Lipinski definition) is 4. The van der Waals surface area contributed by atoms with E-state index in [4.69, 9.17) is 4.74 Å². The molecule has 0 aliphatic rings. The number of rotatable bonds is 5. The first-order valence-electron chi connectivity index (χ1n) is 8.26. The summed E-state index contributed by atoms with van der Waals surface area (Å²) in [6, 6.07) is 6.26. The van der Waals surface area contributed by atoms with Crippen LogP contribution in [0.3, 0.4) is 0 Å². The number of hydrogen-bond donors (Lipinski definition) is 0. The van der Waals surface area contributed by atoms with Crippen LogP contribution in [0, 0.1) is 13.8 Å². The molecule has 2 aromatic heterocycles. The summed E-state index contributed by atoms with van der Waals surface area (Å²) in [5.41, 5.74) is 3.48. The normalized spacial score (nSPS) is 12.2. The van der Waals surface area contributed by atoms with E-state index >= 15 is 0 Å². The molecule has 7 heteroatoms. The molecule has 132 valence electrons. The highest BCUT2D eigenvalue weighted by Crippen LogP contribution is 2.19. The molecule has 1 amide bonds. The average Bonchev–Trinajstić information content (AvgIpc) is 3.07. The van der Waals surface area contributed by atoms with Crippen molar-refractivity contribution in [1.29, 1.82) is 0 Å². The molecule has 0 fully saturated rings. The van der Waals surface area contributed by atoms with Crippen LogP contribution in [0.5, 0.6) is 0 Å². The quantitative estimate of drug-likeness (QED) is 0.659.